The SMILES string of the molecule is O=Cc1ccn(-c2ccc(C(=O)O)c3ncccc23)n1. The number of benzene rings is 1. The van der Waals surface area contributed by atoms with Crippen molar-refractivity contribution in [1.82, 2.24) is 14.8 Å². The Hall–Kier alpha value is -3.02. The fourth-order valence-electron chi connectivity index (χ4n) is 2.07. The molecule has 0 radical (unpaired) electrons. The average Bonchev–Trinajstić information content (AvgIpc) is 2.94. The molecule has 0 saturated carbocycles. The molecule has 0 atom stereocenters. The van der Waals surface area contributed by atoms with Gasteiger partial charge in [-0.05, 0) is 30.3 Å². The summed E-state index contributed by atoms with van der Waals surface area (Å²) in [6.07, 6.45) is 3.84. The second kappa shape index (κ2) is 4.58. The Morgan fingerprint density at radius 1 is 1.25 bits per heavy atom. The van der Waals surface area contributed by atoms with Crippen molar-refractivity contribution in [3.05, 3.63) is 54.0 Å². The maximum absolute atomic E-state index is 11.2. The largest absolute Gasteiger partial charge is 0.478 e. The molecule has 6 nitrogen and oxygen atoms in total. The molecule has 0 unspecified atom stereocenters. The summed E-state index contributed by atoms with van der Waals surface area (Å²) in [6.45, 7) is 0. The van der Waals surface area contributed by atoms with Crippen LogP contribution in [-0.4, -0.2) is 32.1 Å². The normalized spacial score (nSPS) is 10.6. The number of aromatic carboxylic acids is 1. The number of nitrogens with zero attached hydrogens (tertiary/aromatic N) is 3. The van der Waals surface area contributed by atoms with Crippen LogP contribution in [0.5, 0.6) is 0 Å². The summed E-state index contributed by atoms with van der Waals surface area (Å²) in [5, 5.41) is 13.9. The van der Waals surface area contributed by atoms with Crippen molar-refractivity contribution < 1.29 is 14.7 Å². The average molecular weight is 267 g/mol. The molecule has 0 saturated heterocycles. The molecule has 0 bridgehead atoms. The number of rotatable bonds is 3. The van der Waals surface area contributed by atoms with Crippen molar-refractivity contribution in [2.24, 2.45) is 0 Å². The number of carbonyl (C=O) groups is 2. The maximum Gasteiger partial charge on any atom is 0.337 e. The van der Waals surface area contributed by atoms with Gasteiger partial charge in [0, 0.05) is 17.8 Å². The predicted molar refractivity (Wildman–Crippen MR) is 71.2 cm³/mol. The van der Waals surface area contributed by atoms with Crippen molar-refractivity contribution in [3.63, 3.8) is 0 Å². The minimum Gasteiger partial charge on any atom is -0.478 e. The molecule has 0 aliphatic heterocycles. The fourth-order valence-corrected chi connectivity index (χ4v) is 2.07. The molecule has 2 aromatic heterocycles. The molecule has 20 heavy (non-hydrogen) atoms. The Morgan fingerprint density at radius 2 is 2.10 bits per heavy atom. The highest BCUT2D eigenvalue weighted by atomic mass is 16.4. The van der Waals surface area contributed by atoms with E-state index in [1.54, 1.807) is 36.7 Å². The van der Waals surface area contributed by atoms with Crippen LogP contribution >= 0.6 is 0 Å². The molecule has 0 fully saturated rings. The van der Waals surface area contributed by atoms with Crippen molar-refractivity contribution in [3.8, 4) is 5.69 Å². The van der Waals surface area contributed by atoms with Gasteiger partial charge in [0.2, 0.25) is 0 Å². The van der Waals surface area contributed by atoms with E-state index in [4.69, 9.17) is 0 Å². The van der Waals surface area contributed by atoms with E-state index < -0.39 is 5.97 Å². The molecule has 1 aromatic carbocycles. The van der Waals surface area contributed by atoms with Gasteiger partial charge >= 0.3 is 5.97 Å². The van der Waals surface area contributed by atoms with Gasteiger partial charge in [-0.3, -0.25) is 9.78 Å². The summed E-state index contributed by atoms with van der Waals surface area (Å²) >= 11 is 0. The summed E-state index contributed by atoms with van der Waals surface area (Å²) in [7, 11) is 0. The molecule has 6 heteroatoms. The van der Waals surface area contributed by atoms with Crippen LogP contribution < -0.4 is 0 Å². The Morgan fingerprint density at radius 3 is 2.80 bits per heavy atom. The lowest BCUT2D eigenvalue weighted by Gasteiger charge is -2.08. The number of aldehydes is 1. The number of pyridine rings is 1. The van der Waals surface area contributed by atoms with E-state index in [-0.39, 0.29) is 5.56 Å². The van der Waals surface area contributed by atoms with E-state index in [1.165, 1.54) is 10.7 Å². The zero-order valence-corrected chi connectivity index (χ0v) is 10.2. The van der Waals surface area contributed by atoms with Crippen molar-refractivity contribution in [2.75, 3.05) is 0 Å². The number of fused-ring (bicyclic) bond motifs is 1. The van der Waals surface area contributed by atoms with Crippen molar-refractivity contribution in [2.45, 2.75) is 0 Å². The Labute approximate surface area is 113 Å². The molecular formula is C14H9N3O3. The summed E-state index contributed by atoms with van der Waals surface area (Å²) in [4.78, 5) is 26.0. The first kappa shape index (κ1) is 12.0. The molecule has 0 spiro atoms. The highest BCUT2D eigenvalue weighted by Crippen LogP contribution is 2.23. The quantitative estimate of drug-likeness (QED) is 0.733. The lowest BCUT2D eigenvalue weighted by molar-refractivity contribution is 0.0698. The van der Waals surface area contributed by atoms with Crippen LogP contribution in [0.25, 0.3) is 16.6 Å². The molecule has 1 N–H and O–H groups in total. The van der Waals surface area contributed by atoms with Crippen LogP contribution in [0.15, 0.2) is 42.7 Å². The molecule has 2 heterocycles. The van der Waals surface area contributed by atoms with Crippen molar-refractivity contribution in [1.29, 1.82) is 0 Å². The van der Waals surface area contributed by atoms with Gasteiger partial charge in [0.1, 0.15) is 5.69 Å². The van der Waals surface area contributed by atoms with E-state index in [0.29, 0.717) is 28.6 Å². The monoisotopic (exact) mass is 267 g/mol. The van der Waals surface area contributed by atoms with Crippen LogP contribution in [0.4, 0.5) is 0 Å². The first-order chi connectivity index (χ1) is 9.70. The topological polar surface area (TPSA) is 85.1 Å². The zero-order valence-electron chi connectivity index (χ0n) is 10.2. The van der Waals surface area contributed by atoms with Crippen molar-refractivity contribution >= 4 is 23.2 Å². The second-order valence-corrected chi connectivity index (χ2v) is 4.14. The number of carboxylic acid groups (broad SMARTS) is 1. The fraction of sp³-hybridized carbons (Fsp3) is 0. The van der Waals surface area contributed by atoms with Crippen LogP contribution in [0.2, 0.25) is 0 Å². The maximum atomic E-state index is 11.2. The Bertz CT molecular complexity index is 823. The Kier molecular flexibility index (Phi) is 2.76. The van der Waals surface area contributed by atoms with Crippen LogP contribution in [0.1, 0.15) is 20.8 Å². The summed E-state index contributed by atoms with van der Waals surface area (Å²) < 4.78 is 1.53. The smallest absolute Gasteiger partial charge is 0.337 e. The number of carboxylic acids is 1. The second-order valence-electron chi connectivity index (χ2n) is 4.14. The standard InChI is InChI=1S/C14H9N3O3/c18-8-9-5-7-17(16-9)12-4-3-11(14(19)20)13-10(12)2-1-6-15-13/h1-8H,(H,19,20). The molecule has 3 aromatic rings. The van der Waals surface area contributed by atoms with E-state index in [1.807, 2.05) is 0 Å². The third kappa shape index (κ3) is 1.83. The van der Waals surface area contributed by atoms with E-state index in [2.05, 4.69) is 10.1 Å². The van der Waals surface area contributed by atoms with Gasteiger partial charge in [-0.1, -0.05) is 0 Å². The highest BCUT2D eigenvalue weighted by Gasteiger charge is 2.13. The van der Waals surface area contributed by atoms with Crippen LogP contribution in [-0.2, 0) is 0 Å². The molecule has 0 aliphatic carbocycles. The van der Waals surface area contributed by atoms with E-state index in [9.17, 15) is 14.7 Å². The minimum absolute atomic E-state index is 0.132. The van der Waals surface area contributed by atoms with E-state index >= 15 is 0 Å². The molecule has 0 aliphatic rings. The number of hydrogen-bond acceptors (Lipinski definition) is 4. The summed E-state index contributed by atoms with van der Waals surface area (Å²) in [5.41, 5.74) is 1.50. The number of hydrogen-bond donors (Lipinski definition) is 1. The third-order valence-corrected chi connectivity index (χ3v) is 2.95. The van der Waals surface area contributed by atoms with Gasteiger partial charge in [-0.25, -0.2) is 9.48 Å². The van der Waals surface area contributed by atoms with Gasteiger partial charge in [-0.2, -0.15) is 5.10 Å². The summed E-state index contributed by atoms with van der Waals surface area (Å²) in [6, 6.07) is 8.21. The zero-order chi connectivity index (χ0) is 14.1. The first-order valence-corrected chi connectivity index (χ1v) is 5.83. The van der Waals surface area contributed by atoms with Gasteiger partial charge in [0.15, 0.2) is 6.29 Å². The number of aromatic nitrogens is 3. The minimum atomic E-state index is -1.03. The van der Waals surface area contributed by atoms with Crippen LogP contribution in [0.3, 0.4) is 0 Å². The number of carbonyl (C=O) groups excluding carboxylic acids is 1. The lowest BCUT2D eigenvalue weighted by Crippen LogP contribution is -2.03. The highest BCUT2D eigenvalue weighted by molar-refractivity contribution is 6.04. The molecular weight excluding hydrogens is 258 g/mol. The summed E-state index contributed by atoms with van der Waals surface area (Å²) in [5.74, 6) is -1.03. The lowest BCUT2D eigenvalue weighted by atomic mass is 10.1. The first-order valence-electron chi connectivity index (χ1n) is 5.83. The van der Waals surface area contributed by atoms with Gasteiger partial charge < -0.3 is 5.11 Å². The third-order valence-electron chi connectivity index (χ3n) is 2.95. The Balaban J connectivity index is 2.30. The van der Waals surface area contributed by atoms with Gasteiger partial charge in [0.25, 0.3) is 0 Å². The van der Waals surface area contributed by atoms with Gasteiger partial charge in [0.05, 0.1) is 16.8 Å². The molecule has 98 valence electrons. The predicted octanol–water partition coefficient (Wildman–Crippen LogP) is 1.93. The molecule has 3 rings (SSSR count). The van der Waals surface area contributed by atoms with Gasteiger partial charge in [-0.15, -0.1) is 0 Å². The van der Waals surface area contributed by atoms with Crippen LogP contribution in [0, 0.1) is 0 Å². The van der Waals surface area contributed by atoms with E-state index in [0.717, 1.165) is 0 Å². The molecule has 0 amide bonds.